The topological polar surface area (TPSA) is 30.5 Å². The van der Waals surface area contributed by atoms with E-state index in [-0.39, 0.29) is 5.56 Å². The van der Waals surface area contributed by atoms with Crippen molar-refractivity contribution in [1.29, 1.82) is 0 Å². The van der Waals surface area contributed by atoms with Crippen molar-refractivity contribution >= 4 is 5.69 Å². The van der Waals surface area contributed by atoms with Gasteiger partial charge in [0.2, 0.25) is 0 Å². The molecule has 0 bridgehead atoms. The number of ether oxygens (including phenoxy) is 2. The minimum atomic E-state index is -4.50. The van der Waals surface area contributed by atoms with E-state index in [9.17, 15) is 17.6 Å². The van der Waals surface area contributed by atoms with Crippen LogP contribution in [0.3, 0.4) is 0 Å². The normalized spacial score (nSPS) is 13.5. The van der Waals surface area contributed by atoms with Gasteiger partial charge in [-0.3, -0.25) is 0 Å². The van der Waals surface area contributed by atoms with E-state index in [4.69, 9.17) is 9.47 Å². The average Bonchev–Trinajstić information content (AvgIpc) is 2.75. The molecule has 0 aliphatic carbocycles. The number of hydrogen-bond acceptors (Lipinski definition) is 3. The fourth-order valence-electron chi connectivity index (χ4n) is 3.08. The van der Waals surface area contributed by atoms with Gasteiger partial charge in [0.15, 0.2) is 6.23 Å². The zero-order valence-corrected chi connectivity index (χ0v) is 16.9. The van der Waals surface area contributed by atoms with Gasteiger partial charge in [-0.1, -0.05) is 42.5 Å². The van der Waals surface area contributed by atoms with Crippen LogP contribution in [0, 0.1) is 5.82 Å². The van der Waals surface area contributed by atoms with E-state index in [0.29, 0.717) is 23.6 Å². The summed E-state index contributed by atoms with van der Waals surface area (Å²) in [5, 5.41) is 3.03. The highest BCUT2D eigenvalue weighted by molar-refractivity contribution is 5.44. The van der Waals surface area contributed by atoms with Crippen molar-refractivity contribution in [3.05, 3.63) is 95.8 Å². The highest BCUT2D eigenvalue weighted by Crippen LogP contribution is 2.37. The first-order valence-electron chi connectivity index (χ1n) is 9.85. The van der Waals surface area contributed by atoms with Crippen LogP contribution in [0.2, 0.25) is 0 Å². The molecule has 0 aliphatic heterocycles. The van der Waals surface area contributed by atoms with Gasteiger partial charge in [-0.2, -0.15) is 13.2 Å². The van der Waals surface area contributed by atoms with Gasteiger partial charge < -0.3 is 14.8 Å². The molecule has 0 aliphatic rings. The molecule has 7 heteroatoms. The van der Waals surface area contributed by atoms with Crippen molar-refractivity contribution in [1.82, 2.24) is 0 Å². The molecule has 0 aromatic heterocycles. The molecule has 0 amide bonds. The monoisotopic (exact) mass is 433 g/mol. The van der Waals surface area contributed by atoms with E-state index in [1.54, 1.807) is 37.3 Å². The Labute approximate surface area is 178 Å². The smallest absolute Gasteiger partial charge is 0.397 e. The van der Waals surface area contributed by atoms with Crippen molar-refractivity contribution in [3.63, 3.8) is 0 Å². The largest absolute Gasteiger partial charge is 0.494 e. The number of hydrogen-bond donors (Lipinski definition) is 1. The van der Waals surface area contributed by atoms with Crippen LogP contribution in [0.4, 0.5) is 23.2 Å². The Balaban J connectivity index is 1.80. The molecule has 0 saturated carbocycles. The molecule has 0 fully saturated rings. The van der Waals surface area contributed by atoms with Crippen LogP contribution in [-0.2, 0) is 4.74 Å². The maximum atomic E-state index is 13.8. The quantitative estimate of drug-likeness (QED) is 0.301. The third-order valence-electron chi connectivity index (χ3n) is 4.66. The minimum Gasteiger partial charge on any atom is -0.494 e. The summed E-state index contributed by atoms with van der Waals surface area (Å²) >= 11 is 0. The first-order valence-corrected chi connectivity index (χ1v) is 9.85. The number of nitrogens with one attached hydrogen (secondary N) is 1. The number of rotatable bonds is 9. The SMILES string of the molecule is CCOc1ccc(C(COC(Nc2ccc(F)cc2)c2ccccc2)C(F)(F)F)cc1. The Morgan fingerprint density at radius 3 is 2.06 bits per heavy atom. The maximum absolute atomic E-state index is 13.8. The van der Waals surface area contributed by atoms with Crippen LogP contribution in [0.15, 0.2) is 78.9 Å². The second kappa shape index (κ2) is 10.3. The van der Waals surface area contributed by atoms with Crippen molar-refractivity contribution < 1.29 is 27.0 Å². The summed E-state index contributed by atoms with van der Waals surface area (Å²) in [6.07, 6.45) is -5.34. The highest BCUT2D eigenvalue weighted by atomic mass is 19.4. The van der Waals surface area contributed by atoms with E-state index >= 15 is 0 Å². The van der Waals surface area contributed by atoms with Gasteiger partial charge in [-0.15, -0.1) is 0 Å². The lowest BCUT2D eigenvalue weighted by Gasteiger charge is -2.26. The molecular weight excluding hydrogens is 410 g/mol. The van der Waals surface area contributed by atoms with E-state index < -0.39 is 30.7 Å². The molecular formula is C24H23F4NO2. The maximum Gasteiger partial charge on any atom is 0.397 e. The fourth-order valence-corrected chi connectivity index (χ4v) is 3.08. The molecule has 3 nitrogen and oxygen atoms in total. The standard InChI is InChI=1S/C24H23F4NO2/c1-2-30-21-14-8-17(9-15-21)22(24(26,27)28)16-31-23(18-6-4-3-5-7-18)29-20-12-10-19(25)11-13-20/h3-15,22-23,29H,2,16H2,1H3. The highest BCUT2D eigenvalue weighted by Gasteiger charge is 2.41. The zero-order valence-electron chi connectivity index (χ0n) is 16.9. The minimum absolute atomic E-state index is 0.0875. The molecule has 0 heterocycles. The third kappa shape index (κ3) is 6.46. The van der Waals surface area contributed by atoms with Crippen LogP contribution in [0.25, 0.3) is 0 Å². The van der Waals surface area contributed by atoms with Gasteiger partial charge >= 0.3 is 6.18 Å². The average molecular weight is 433 g/mol. The van der Waals surface area contributed by atoms with Gasteiger partial charge in [0.1, 0.15) is 17.5 Å². The lowest BCUT2D eigenvalue weighted by molar-refractivity contribution is -0.166. The molecule has 0 radical (unpaired) electrons. The summed E-state index contributed by atoms with van der Waals surface area (Å²) in [5.41, 5.74) is 1.27. The fraction of sp³-hybridized carbons (Fsp3) is 0.250. The van der Waals surface area contributed by atoms with Crippen molar-refractivity contribution in [2.45, 2.75) is 25.2 Å². The first-order chi connectivity index (χ1) is 14.9. The first kappa shape index (κ1) is 22.6. The lowest BCUT2D eigenvalue weighted by atomic mass is 9.99. The lowest BCUT2D eigenvalue weighted by Crippen LogP contribution is -2.27. The van der Waals surface area contributed by atoms with Gasteiger partial charge in [-0.25, -0.2) is 4.39 Å². The molecule has 3 rings (SSSR count). The summed E-state index contributed by atoms with van der Waals surface area (Å²) in [4.78, 5) is 0. The molecule has 2 atom stereocenters. The molecule has 0 spiro atoms. The summed E-state index contributed by atoms with van der Waals surface area (Å²) in [6.45, 7) is 1.64. The van der Waals surface area contributed by atoms with Crippen LogP contribution in [-0.4, -0.2) is 19.4 Å². The van der Waals surface area contributed by atoms with Crippen molar-refractivity contribution in [2.75, 3.05) is 18.5 Å². The van der Waals surface area contributed by atoms with Gasteiger partial charge in [-0.05, 0) is 48.9 Å². The van der Waals surface area contributed by atoms with Crippen molar-refractivity contribution in [2.24, 2.45) is 0 Å². The number of alkyl halides is 3. The van der Waals surface area contributed by atoms with Crippen LogP contribution >= 0.6 is 0 Å². The van der Waals surface area contributed by atoms with Gasteiger partial charge in [0.05, 0.1) is 13.2 Å². The molecule has 1 N–H and O–H groups in total. The molecule has 164 valence electrons. The molecule has 2 unspecified atom stereocenters. The summed E-state index contributed by atoms with van der Waals surface area (Å²) < 4.78 is 65.7. The zero-order chi connectivity index (χ0) is 22.3. The third-order valence-corrected chi connectivity index (χ3v) is 4.66. The molecule has 3 aromatic carbocycles. The number of benzene rings is 3. The molecule has 31 heavy (non-hydrogen) atoms. The number of anilines is 1. The van der Waals surface area contributed by atoms with Gasteiger partial charge in [0.25, 0.3) is 0 Å². The van der Waals surface area contributed by atoms with E-state index in [2.05, 4.69) is 5.32 Å². The van der Waals surface area contributed by atoms with E-state index in [1.807, 2.05) is 0 Å². The predicted molar refractivity (Wildman–Crippen MR) is 112 cm³/mol. The van der Waals surface area contributed by atoms with Crippen LogP contribution in [0.1, 0.15) is 30.2 Å². The second-order valence-corrected chi connectivity index (χ2v) is 6.87. The second-order valence-electron chi connectivity index (χ2n) is 6.87. The summed E-state index contributed by atoms with van der Waals surface area (Å²) in [7, 11) is 0. The Hall–Kier alpha value is -3.06. The van der Waals surface area contributed by atoms with E-state index in [0.717, 1.165) is 0 Å². The van der Waals surface area contributed by atoms with Crippen LogP contribution in [0.5, 0.6) is 5.75 Å². The summed E-state index contributed by atoms with van der Waals surface area (Å²) in [5.74, 6) is -1.71. The Morgan fingerprint density at radius 2 is 1.48 bits per heavy atom. The molecule has 3 aromatic rings. The predicted octanol–water partition coefficient (Wildman–Crippen LogP) is 6.70. The van der Waals surface area contributed by atoms with E-state index in [1.165, 1.54) is 48.5 Å². The van der Waals surface area contributed by atoms with Crippen molar-refractivity contribution in [3.8, 4) is 5.75 Å². The Bertz CT molecular complexity index is 929. The Kier molecular flexibility index (Phi) is 7.52. The number of halogens is 4. The van der Waals surface area contributed by atoms with Gasteiger partial charge in [0, 0.05) is 11.3 Å². The van der Waals surface area contributed by atoms with Crippen LogP contribution < -0.4 is 10.1 Å². The Morgan fingerprint density at radius 1 is 0.839 bits per heavy atom. The molecule has 0 saturated heterocycles. The summed E-state index contributed by atoms with van der Waals surface area (Å²) in [6, 6.07) is 20.2.